The van der Waals surface area contributed by atoms with Crippen LogP contribution in [0.5, 0.6) is 5.75 Å². The summed E-state index contributed by atoms with van der Waals surface area (Å²) in [5, 5.41) is 6.95. The van der Waals surface area contributed by atoms with Crippen LogP contribution in [0.1, 0.15) is 24.3 Å². The lowest BCUT2D eigenvalue weighted by Crippen LogP contribution is -2.22. The Morgan fingerprint density at radius 2 is 1.91 bits per heavy atom. The molecule has 5 aromatic rings. The van der Waals surface area contributed by atoms with Gasteiger partial charge in [0.05, 0.1) is 18.1 Å². The van der Waals surface area contributed by atoms with E-state index in [4.69, 9.17) is 9.26 Å². The number of aryl methyl sites for hydroxylation is 1. The summed E-state index contributed by atoms with van der Waals surface area (Å²) < 4.78 is 12.4. The van der Waals surface area contributed by atoms with Gasteiger partial charge in [0, 0.05) is 31.1 Å². The van der Waals surface area contributed by atoms with Gasteiger partial charge in [-0.2, -0.15) is 4.98 Å². The van der Waals surface area contributed by atoms with E-state index in [1.165, 1.54) is 0 Å². The highest BCUT2D eigenvalue weighted by Crippen LogP contribution is 2.20. The van der Waals surface area contributed by atoms with E-state index in [2.05, 4.69) is 25.4 Å². The summed E-state index contributed by atoms with van der Waals surface area (Å²) in [6, 6.07) is 19.2. The normalized spacial score (nSPS) is 11.0. The van der Waals surface area contributed by atoms with Crippen molar-refractivity contribution in [3.8, 4) is 23.0 Å². The Hall–Kier alpha value is -4.53. The summed E-state index contributed by atoms with van der Waals surface area (Å²) in [4.78, 5) is 25.6. The molecule has 1 amide bonds. The first kappa shape index (κ1) is 22.3. The van der Waals surface area contributed by atoms with Crippen LogP contribution in [0.25, 0.3) is 28.2 Å². The number of pyridine rings is 1. The third kappa shape index (κ3) is 5.19. The van der Waals surface area contributed by atoms with E-state index in [0.29, 0.717) is 37.5 Å². The van der Waals surface area contributed by atoms with Crippen LogP contribution < -0.4 is 10.1 Å². The molecule has 0 aliphatic carbocycles. The largest absolute Gasteiger partial charge is 0.497 e. The van der Waals surface area contributed by atoms with Gasteiger partial charge in [-0.3, -0.25) is 9.36 Å². The molecule has 0 bridgehead atoms. The lowest BCUT2D eigenvalue weighted by atomic mass is 10.2. The summed E-state index contributed by atoms with van der Waals surface area (Å²) in [6.07, 6.45) is 5.04. The summed E-state index contributed by atoms with van der Waals surface area (Å²) in [5.74, 6) is 2.54. The van der Waals surface area contributed by atoms with E-state index < -0.39 is 0 Å². The average Bonchev–Trinajstić information content (AvgIpc) is 3.55. The van der Waals surface area contributed by atoms with Crippen molar-refractivity contribution in [3.05, 3.63) is 84.6 Å². The van der Waals surface area contributed by atoms with Crippen molar-refractivity contribution < 1.29 is 14.1 Å². The Balaban J connectivity index is 1.08. The van der Waals surface area contributed by atoms with Crippen LogP contribution in [0.3, 0.4) is 0 Å². The second kappa shape index (κ2) is 10.2. The number of hydrogen-bond donors (Lipinski definition) is 1. The monoisotopic (exact) mass is 468 g/mol. The molecular weight excluding hydrogens is 444 g/mol. The molecule has 9 heteroatoms. The number of ether oxygens (including phenoxy) is 1. The first-order valence-corrected chi connectivity index (χ1v) is 11.3. The number of amides is 1. The second-order valence-electron chi connectivity index (χ2n) is 8.00. The standard InChI is InChI=1S/C26H24N6O3/c1-34-20-12-10-19(11-13-20)26-30-25(35-31-26)8-4-7-24(33)28-16-18-9-14-23(27-15-18)32-17-29-21-5-2-3-6-22(21)32/h2-3,5-6,9-15,17H,4,7-8,16H2,1H3,(H,28,33). The number of carbonyl (C=O) groups is 1. The van der Waals surface area contributed by atoms with E-state index >= 15 is 0 Å². The highest BCUT2D eigenvalue weighted by molar-refractivity contribution is 5.77. The fourth-order valence-electron chi connectivity index (χ4n) is 3.71. The highest BCUT2D eigenvalue weighted by atomic mass is 16.5. The van der Waals surface area contributed by atoms with Crippen molar-refractivity contribution >= 4 is 16.9 Å². The summed E-state index contributed by atoms with van der Waals surface area (Å²) in [7, 11) is 1.62. The van der Waals surface area contributed by atoms with Crippen LogP contribution >= 0.6 is 0 Å². The van der Waals surface area contributed by atoms with Crippen molar-refractivity contribution in [2.75, 3.05) is 7.11 Å². The third-order valence-electron chi connectivity index (χ3n) is 5.61. The number of hydrogen-bond acceptors (Lipinski definition) is 7. The minimum Gasteiger partial charge on any atom is -0.497 e. The first-order valence-electron chi connectivity index (χ1n) is 11.3. The van der Waals surface area contributed by atoms with Crippen molar-refractivity contribution in [1.82, 2.24) is 30.0 Å². The van der Waals surface area contributed by atoms with E-state index in [9.17, 15) is 4.79 Å². The SMILES string of the molecule is COc1ccc(-c2noc(CCCC(=O)NCc3ccc(-n4cnc5ccccc54)nc3)n2)cc1. The molecule has 0 saturated carbocycles. The van der Waals surface area contributed by atoms with Crippen LogP contribution in [0.15, 0.2) is 77.7 Å². The maximum absolute atomic E-state index is 12.3. The molecule has 3 aromatic heterocycles. The minimum absolute atomic E-state index is 0.0374. The number of nitrogens with zero attached hydrogens (tertiary/aromatic N) is 5. The molecule has 0 saturated heterocycles. The number of methoxy groups -OCH3 is 1. The fraction of sp³-hybridized carbons (Fsp3) is 0.192. The fourth-order valence-corrected chi connectivity index (χ4v) is 3.71. The van der Waals surface area contributed by atoms with Gasteiger partial charge in [-0.05, 0) is 54.4 Å². The van der Waals surface area contributed by atoms with Gasteiger partial charge in [-0.25, -0.2) is 9.97 Å². The topological polar surface area (TPSA) is 108 Å². The van der Waals surface area contributed by atoms with Gasteiger partial charge in [0.25, 0.3) is 0 Å². The zero-order valence-electron chi connectivity index (χ0n) is 19.2. The third-order valence-corrected chi connectivity index (χ3v) is 5.61. The van der Waals surface area contributed by atoms with E-state index in [0.717, 1.165) is 33.7 Å². The van der Waals surface area contributed by atoms with Crippen LogP contribution in [-0.4, -0.2) is 37.7 Å². The molecule has 0 aliphatic rings. The summed E-state index contributed by atoms with van der Waals surface area (Å²) in [6.45, 7) is 0.416. The molecular formula is C26H24N6O3. The van der Waals surface area contributed by atoms with Crippen LogP contribution in [-0.2, 0) is 17.8 Å². The molecule has 0 radical (unpaired) electrons. The summed E-state index contributed by atoms with van der Waals surface area (Å²) in [5.41, 5.74) is 3.69. The van der Waals surface area contributed by atoms with E-state index in [1.807, 2.05) is 65.2 Å². The van der Waals surface area contributed by atoms with E-state index in [1.54, 1.807) is 19.6 Å². The van der Waals surface area contributed by atoms with Gasteiger partial charge in [0.1, 0.15) is 17.9 Å². The Morgan fingerprint density at radius 1 is 1.06 bits per heavy atom. The average molecular weight is 469 g/mol. The molecule has 9 nitrogen and oxygen atoms in total. The van der Waals surface area contributed by atoms with Crippen molar-refractivity contribution in [1.29, 1.82) is 0 Å². The van der Waals surface area contributed by atoms with Crippen molar-refractivity contribution in [3.63, 3.8) is 0 Å². The van der Waals surface area contributed by atoms with Gasteiger partial charge < -0.3 is 14.6 Å². The second-order valence-corrected chi connectivity index (χ2v) is 8.00. The zero-order chi connectivity index (χ0) is 24.0. The first-order chi connectivity index (χ1) is 17.2. The molecule has 0 fully saturated rings. The molecule has 0 unspecified atom stereocenters. The van der Waals surface area contributed by atoms with Crippen LogP contribution in [0, 0.1) is 0 Å². The lowest BCUT2D eigenvalue weighted by Gasteiger charge is -2.07. The quantitative estimate of drug-likeness (QED) is 0.347. The number of rotatable bonds is 9. The van der Waals surface area contributed by atoms with Crippen LogP contribution in [0.4, 0.5) is 0 Å². The number of carbonyl (C=O) groups excluding carboxylic acids is 1. The minimum atomic E-state index is -0.0374. The molecule has 0 atom stereocenters. The number of imidazole rings is 1. The van der Waals surface area contributed by atoms with Gasteiger partial charge in [-0.1, -0.05) is 23.4 Å². The molecule has 3 heterocycles. The molecule has 176 valence electrons. The Kier molecular flexibility index (Phi) is 6.47. The number of para-hydroxylation sites is 2. The Morgan fingerprint density at radius 3 is 2.71 bits per heavy atom. The molecule has 2 aromatic carbocycles. The van der Waals surface area contributed by atoms with Gasteiger partial charge in [-0.15, -0.1) is 0 Å². The zero-order valence-corrected chi connectivity index (χ0v) is 19.2. The molecule has 0 aliphatic heterocycles. The number of nitrogens with one attached hydrogen (secondary N) is 1. The van der Waals surface area contributed by atoms with Crippen molar-refractivity contribution in [2.24, 2.45) is 0 Å². The van der Waals surface area contributed by atoms with Gasteiger partial charge in [0.15, 0.2) is 0 Å². The molecule has 1 N–H and O–H groups in total. The van der Waals surface area contributed by atoms with Gasteiger partial charge in [0.2, 0.25) is 17.6 Å². The predicted octanol–water partition coefficient (Wildman–Crippen LogP) is 4.12. The lowest BCUT2D eigenvalue weighted by molar-refractivity contribution is -0.121. The number of aromatic nitrogens is 5. The van der Waals surface area contributed by atoms with Gasteiger partial charge >= 0.3 is 0 Å². The maximum Gasteiger partial charge on any atom is 0.226 e. The highest BCUT2D eigenvalue weighted by Gasteiger charge is 2.10. The van der Waals surface area contributed by atoms with Crippen LogP contribution in [0.2, 0.25) is 0 Å². The number of benzene rings is 2. The Bertz CT molecular complexity index is 1420. The summed E-state index contributed by atoms with van der Waals surface area (Å²) >= 11 is 0. The molecule has 0 spiro atoms. The van der Waals surface area contributed by atoms with E-state index in [-0.39, 0.29) is 5.91 Å². The van der Waals surface area contributed by atoms with Crippen molar-refractivity contribution in [2.45, 2.75) is 25.8 Å². The number of fused-ring (bicyclic) bond motifs is 1. The molecule has 35 heavy (non-hydrogen) atoms. The molecule has 5 rings (SSSR count). The smallest absolute Gasteiger partial charge is 0.226 e. The Labute approximate surface area is 201 Å². The maximum atomic E-state index is 12.3. The predicted molar refractivity (Wildman–Crippen MR) is 130 cm³/mol.